The van der Waals surface area contributed by atoms with Crippen molar-refractivity contribution < 1.29 is 28.5 Å². The molecule has 0 N–H and O–H groups in total. The van der Waals surface area contributed by atoms with Gasteiger partial charge >= 0.3 is 0 Å². The summed E-state index contributed by atoms with van der Waals surface area (Å²) < 4.78 is 6.41. The highest BCUT2D eigenvalue weighted by Gasteiger charge is 1.99. The third-order valence-corrected chi connectivity index (χ3v) is 3.10. The molecular weight excluding hydrogens is 389 g/mol. The van der Waals surface area contributed by atoms with Crippen LogP contribution in [0.5, 0.6) is 0 Å². The van der Waals surface area contributed by atoms with Crippen LogP contribution in [0.3, 0.4) is 0 Å². The fraction of sp³-hybridized carbons (Fsp3) is 0.562. The van der Waals surface area contributed by atoms with Gasteiger partial charge in [-0.1, -0.05) is 0 Å². The zero-order valence-corrected chi connectivity index (χ0v) is 16.6. The lowest BCUT2D eigenvalue weighted by atomic mass is 10.6. The van der Waals surface area contributed by atoms with E-state index in [2.05, 4.69) is 94.9 Å². The lowest BCUT2D eigenvalue weighted by molar-refractivity contribution is -0.671. The Kier molecular flexibility index (Phi) is 11.2. The summed E-state index contributed by atoms with van der Waals surface area (Å²) in [7, 11) is 10.4. The second kappa shape index (κ2) is 11.7. The van der Waals surface area contributed by atoms with Gasteiger partial charge in [-0.05, 0) is 40.3 Å². The molecular formula is C16H30IN5. The summed E-state index contributed by atoms with van der Waals surface area (Å²) in [5.74, 6) is 0. The molecule has 0 aromatic carbocycles. The summed E-state index contributed by atoms with van der Waals surface area (Å²) in [5, 5.41) is 0. The summed E-state index contributed by atoms with van der Waals surface area (Å²) >= 11 is 0. The maximum atomic E-state index is 2.18. The molecule has 0 aliphatic heterocycles. The Morgan fingerprint density at radius 1 is 0.818 bits per heavy atom. The molecule has 2 rings (SSSR count). The van der Waals surface area contributed by atoms with Crippen LogP contribution in [0.1, 0.15) is 0 Å². The Labute approximate surface area is 152 Å². The number of hydrogen-bond acceptors (Lipinski definition) is 2. The van der Waals surface area contributed by atoms with Crippen molar-refractivity contribution in [1.29, 1.82) is 0 Å². The highest BCUT2D eigenvalue weighted by atomic mass is 127. The van der Waals surface area contributed by atoms with Crippen molar-refractivity contribution in [2.45, 2.75) is 13.1 Å². The van der Waals surface area contributed by atoms with Gasteiger partial charge in [0.15, 0.2) is 0 Å². The fourth-order valence-corrected chi connectivity index (χ4v) is 1.78. The number of halogens is 1. The summed E-state index contributed by atoms with van der Waals surface area (Å²) in [6.45, 7) is 4.34. The van der Waals surface area contributed by atoms with Crippen molar-refractivity contribution >= 4 is 0 Å². The Morgan fingerprint density at radius 3 is 1.73 bits per heavy atom. The lowest BCUT2D eigenvalue weighted by Gasteiger charge is -2.09. The maximum absolute atomic E-state index is 2.18. The van der Waals surface area contributed by atoms with Gasteiger partial charge in [-0.3, -0.25) is 0 Å². The van der Waals surface area contributed by atoms with Gasteiger partial charge in [0, 0.05) is 32.0 Å². The first-order valence-electron chi connectivity index (χ1n) is 7.38. The normalized spacial score (nSPS) is 10.3. The molecule has 2 aromatic rings. The molecule has 126 valence electrons. The van der Waals surface area contributed by atoms with Crippen LogP contribution in [0.25, 0.3) is 0 Å². The zero-order valence-electron chi connectivity index (χ0n) is 14.5. The van der Waals surface area contributed by atoms with E-state index in [0.717, 1.165) is 26.2 Å². The van der Waals surface area contributed by atoms with Crippen LogP contribution in [-0.4, -0.2) is 60.2 Å². The molecule has 0 unspecified atom stereocenters. The molecule has 6 heteroatoms. The number of nitrogens with zero attached hydrogens (tertiary/aromatic N) is 5. The van der Waals surface area contributed by atoms with Crippen LogP contribution < -0.4 is 28.5 Å². The van der Waals surface area contributed by atoms with E-state index in [9.17, 15) is 0 Å². The predicted molar refractivity (Wildman–Crippen MR) is 87.1 cm³/mol. The SMILES string of the molecule is CN(C)CCn1cc[n+](C)c1.CN(C)CCn1cccc1.[I-]. The van der Waals surface area contributed by atoms with Crippen LogP contribution in [0.4, 0.5) is 0 Å². The van der Waals surface area contributed by atoms with Gasteiger partial charge in [0.1, 0.15) is 18.9 Å². The van der Waals surface area contributed by atoms with Crippen LogP contribution in [0.15, 0.2) is 43.2 Å². The molecule has 0 atom stereocenters. The standard InChI is InChI=1S/C8H16N3.C8H14N2.HI/c1-9(2)4-6-11-7-5-10(3)8-11;1-9(2)7-8-10-5-3-4-6-10;/h5,7-8H,4,6H2,1-3H3;3-6H,7-8H2,1-2H3;1H/q+1;;/p-1. The van der Waals surface area contributed by atoms with E-state index in [4.69, 9.17) is 0 Å². The van der Waals surface area contributed by atoms with Gasteiger partial charge < -0.3 is 38.3 Å². The van der Waals surface area contributed by atoms with Crippen molar-refractivity contribution in [3.63, 3.8) is 0 Å². The number of rotatable bonds is 6. The molecule has 22 heavy (non-hydrogen) atoms. The Bertz CT molecular complexity index is 476. The first-order valence-corrected chi connectivity index (χ1v) is 7.38. The fourth-order valence-electron chi connectivity index (χ4n) is 1.78. The molecule has 0 saturated heterocycles. The van der Waals surface area contributed by atoms with Crippen molar-refractivity contribution in [2.24, 2.45) is 7.05 Å². The Morgan fingerprint density at radius 2 is 1.32 bits per heavy atom. The maximum Gasteiger partial charge on any atom is 0.243 e. The molecule has 0 amide bonds. The molecule has 5 nitrogen and oxygen atoms in total. The van der Waals surface area contributed by atoms with Gasteiger partial charge in [-0.15, -0.1) is 0 Å². The van der Waals surface area contributed by atoms with E-state index in [1.807, 2.05) is 7.05 Å². The number of aryl methyl sites for hydroxylation is 1. The number of likely N-dealkylation sites (N-methyl/N-ethyl adjacent to an activating group) is 2. The van der Waals surface area contributed by atoms with Gasteiger partial charge in [0.05, 0.1) is 7.05 Å². The van der Waals surface area contributed by atoms with E-state index >= 15 is 0 Å². The number of imidazole rings is 1. The van der Waals surface area contributed by atoms with Crippen LogP contribution in [0.2, 0.25) is 0 Å². The molecule has 2 aromatic heterocycles. The summed E-state index contributed by atoms with van der Waals surface area (Å²) in [6.07, 6.45) is 10.4. The second-order valence-electron chi connectivity index (χ2n) is 5.84. The summed E-state index contributed by atoms with van der Waals surface area (Å²) in [4.78, 5) is 4.36. The van der Waals surface area contributed by atoms with E-state index in [1.165, 1.54) is 0 Å². The van der Waals surface area contributed by atoms with Gasteiger partial charge in [-0.2, -0.15) is 0 Å². The first-order chi connectivity index (χ1) is 9.97. The quantitative estimate of drug-likeness (QED) is 0.396. The van der Waals surface area contributed by atoms with Crippen LogP contribution >= 0.6 is 0 Å². The highest BCUT2D eigenvalue weighted by Crippen LogP contribution is 1.89. The van der Waals surface area contributed by atoms with Gasteiger partial charge in [0.25, 0.3) is 0 Å². The molecule has 2 heterocycles. The number of hydrogen-bond donors (Lipinski definition) is 0. The number of aromatic nitrogens is 3. The molecule has 0 fully saturated rings. The molecule has 0 bridgehead atoms. The lowest BCUT2D eigenvalue weighted by Crippen LogP contribution is -3.00. The second-order valence-corrected chi connectivity index (χ2v) is 5.84. The molecule has 0 spiro atoms. The minimum Gasteiger partial charge on any atom is -1.00 e. The van der Waals surface area contributed by atoms with Crippen molar-refractivity contribution in [2.75, 3.05) is 41.3 Å². The highest BCUT2D eigenvalue weighted by molar-refractivity contribution is 4.90. The van der Waals surface area contributed by atoms with Gasteiger partial charge in [-0.25, -0.2) is 9.13 Å². The molecule has 0 aliphatic carbocycles. The van der Waals surface area contributed by atoms with E-state index < -0.39 is 0 Å². The average molecular weight is 419 g/mol. The van der Waals surface area contributed by atoms with Crippen LogP contribution in [-0.2, 0) is 20.1 Å². The smallest absolute Gasteiger partial charge is 0.243 e. The van der Waals surface area contributed by atoms with Crippen molar-refractivity contribution in [1.82, 2.24) is 18.9 Å². The van der Waals surface area contributed by atoms with Crippen molar-refractivity contribution in [3.8, 4) is 0 Å². The van der Waals surface area contributed by atoms with E-state index in [0.29, 0.717) is 0 Å². The molecule has 0 aliphatic rings. The summed E-state index contributed by atoms with van der Waals surface area (Å²) in [5.41, 5.74) is 0. The minimum atomic E-state index is 0. The van der Waals surface area contributed by atoms with Crippen LogP contribution in [0, 0.1) is 0 Å². The topological polar surface area (TPSA) is 20.2 Å². The third-order valence-electron chi connectivity index (χ3n) is 3.10. The van der Waals surface area contributed by atoms with E-state index in [-0.39, 0.29) is 24.0 Å². The minimum absolute atomic E-state index is 0. The van der Waals surface area contributed by atoms with E-state index in [1.54, 1.807) is 0 Å². The van der Waals surface area contributed by atoms with Gasteiger partial charge in [0.2, 0.25) is 6.33 Å². The third kappa shape index (κ3) is 9.97. The molecule has 0 radical (unpaired) electrons. The zero-order chi connectivity index (χ0) is 15.7. The molecule has 0 saturated carbocycles. The monoisotopic (exact) mass is 419 g/mol. The summed E-state index contributed by atoms with van der Waals surface area (Å²) in [6, 6.07) is 4.10. The Balaban J connectivity index is 0.000000385. The predicted octanol–water partition coefficient (Wildman–Crippen LogP) is -2.07. The first kappa shape index (κ1) is 21.1. The Hall–Kier alpha value is -0.860. The average Bonchev–Trinajstić information content (AvgIpc) is 3.06. The largest absolute Gasteiger partial charge is 1.00 e. The van der Waals surface area contributed by atoms with Crippen molar-refractivity contribution in [3.05, 3.63) is 43.2 Å².